The number of rotatable bonds is 7. The van der Waals surface area contributed by atoms with Gasteiger partial charge in [-0.05, 0) is 43.4 Å². The molecular formula is C26H31N3O3S. The van der Waals surface area contributed by atoms with Gasteiger partial charge in [-0.1, -0.05) is 62.4 Å². The van der Waals surface area contributed by atoms with Gasteiger partial charge in [0.15, 0.2) is 0 Å². The average molecular weight is 466 g/mol. The van der Waals surface area contributed by atoms with E-state index in [1.54, 1.807) is 16.7 Å². The van der Waals surface area contributed by atoms with Crippen LogP contribution in [0.25, 0.3) is 0 Å². The maximum atomic E-state index is 13.5. The molecule has 0 aromatic heterocycles. The second-order valence-electron chi connectivity index (χ2n) is 9.53. The minimum Gasteiger partial charge on any atom is -0.354 e. The third-order valence-electron chi connectivity index (χ3n) is 6.35. The molecule has 2 heterocycles. The average Bonchev–Trinajstić information content (AvgIpc) is 3.21. The quantitative estimate of drug-likeness (QED) is 0.656. The molecule has 174 valence electrons. The van der Waals surface area contributed by atoms with Crippen molar-refractivity contribution >= 4 is 29.5 Å². The van der Waals surface area contributed by atoms with E-state index in [0.717, 1.165) is 17.5 Å². The van der Waals surface area contributed by atoms with E-state index in [0.29, 0.717) is 12.1 Å². The largest absolute Gasteiger partial charge is 0.354 e. The van der Waals surface area contributed by atoms with Gasteiger partial charge in [0.25, 0.3) is 5.91 Å². The summed E-state index contributed by atoms with van der Waals surface area (Å²) in [5.41, 5.74) is 2.75. The summed E-state index contributed by atoms with van der Waals surface area (Å²) in [6.45, 7) is 8.29. The molecule has 0 saturated carbocycles. The molecule has 0 bridgehead atoms. The van der Waals surface area contributed by atoms with Crippen molar-refractivity contribution in [1.82, 2.24) is 15.5 Å². The number of hydrogen-bond acceptors (Lipinski definition) is 4. The van der Waals surface area contributed by atoms with Crippen LogP contribution in [-0.4, -0.2) is 46.0 Å². The smallest absolute Gasteiger partial charge is 0.256 e. The number of carbonyl (C=O) groups is 3. The Kier molecular flexibility index (Phi) is 6.52. The van der Waals surface area contributed by atoms with Crippen LogP contribution in [0.1, 0.15) is 54.6 Å². The monoisotopic (exact) mass is 465 g/mol. The highest BCUT2D eigenvalue weighted by Crippen LogP contribution is 2.56. The summed E-state index contributed by atoms with van der Waals surface area (Å²) in [6, 6.07) is 16.2. The molecule has 0 spiro atoms. The van der Waals surface area contributed by atoms with Crippen LogP contribution in [0.2, 0.25) is 0 Å². The summed E-state index contributed by atoms with van der Waals surface area (Å²) in [5.74, 6) is -0.703. The zero-order valence-corrected chi connectivity index (χ0v) is 20.3. The van der Waals surface area contributed by atoms with Gasteiger partial charge in [0.05, 0.1) is 0 Å². The molecule has 7 heteroatoms. The van der Waals surface area contributed by atoms with Crippen LogP contribution in [0.5, 0.6) is 0 Å². The van der Waals surface area contributed by atoms with Crippen molar-refractivity contribution in [3.63, 3.8) is 0 Å². The maximum Gasteiger partial charge on any atom is 0.256 e. The molecule has 4 rings (SSSR count). The number of nitrogens with one attached hydrogen (secondary N) is 2. The molecular weight excluding hydrogens is 434 g/mol. The van der Waals surface area contributed by atoms with Gasteiger partial charge < -0.3 is 15.5 Å². The standard InChI is InChI=1S/C26H31N3O3S/c1-16(2)20(22(30)27-15-14-17-10-6-5-7-11-17)28-23(31)21-26(3,4)33-25-19-13-9-8-12-18(19)24(32)29(21)25/h5-13,16,20-21,25H,14-15H2,1-4H3,(H,27,30)(H,28,31)/t20-,21+,25?/m0/s1. The zero-order valence-electron chi connectivity index (χ0n) is 19.5. The Labute approximate surface area is 199 Å². The van der Waals surface area contributed by atoms with Gasteiger partial charge in [-0.15, -0.1) is 11.8 Å². The van der Waals surface area contributed by atoms with E-state index in [2.05, 4.69) is 10.6 Å². The van der Waals surface area contributed by atoms with Crippen molar-refractivity contribution in [2.75, 3.05) is 6.54 Å². The Balaban J connectivity index is 1.46. The molecule has 1 saturated heterocycles. The number of hydrogen-bond donors (Lipinski definition) is 2. The number of thioether (sulfide) groups is 1. The topological polar surface area (TPSA) is 78.5 Å². The summed E-state index contributed by atoms with van der Waals surface area (Å²) < 4.78 is -0.483. The van der Waals surface area contributed by atoms with Gasteiger partial charge >= 0.3 is 0 Å². The van der Waals surface area contributed by atoms with Crippen molar-refractivity contribution < 1.29 is 14.4 Å². The van der Waals surface area contributed by atoms with Crippen molar-refractivity contribution in [2.45, 2.75) is 56.3 Å². The SMILES string of the molecule is CC(C)[C@H](NC(=O)[C@H]1N2C(=O)c3ccccc3C2SC1(C)C)C(=O)NCCc1ccccc1. The fourth-order valence-corrected chi connectivity index (χ4v) is 6.24. The van der Waals surface area contributed by atoms with Gasteiger partial charge in [0.1, 0.15) is 17.5 Å². The number of amides is 3. The van der Waals surface area contributed by atoms with E-state index < -0.39 is 16.8 Å². The van der Waals surface area contributed by atoms with Gasteiger partial charge in [-0.25, -0.2) is 0 Å². The molecule has 3 amide bonds. The fraction of sp³-hybridized carbons (Fsp3) is 0.423. The third kappa shape index (κ3) is 4.51. The third-order valence-corrected chi connectivity index (χ3v) is 7.88. The Morgan fingerprint density at radius 3 is 2.42 bits per heavy atom. The molecule has 2 N–H and O–H groups in total. The molecule has 33 heavy (non-hydrogen) atoms. The first-order valence-electron chi connectivity index (χ1n) is 11.4. The van der Waals surface area contributed by atoms with E-state index in [1.807, 2.05) is 82.3 Å². The number of carbonyl (C=O) groups excluding carboxylic acids is 3. The number of nitrogens with zero attached hydrogens (tertiary/aromatic N) is 1. The van der Waals surface area contributed by atoms with Gasteiger partial charge in [-0.2, -0.15) is 0 Å². The molecule has 1 unspecified atom stereocenters. The lowest BCUT2D eigenvalue weighted by atomic mass is 9.98. The van der Waals surface area contributed by atoms with Gasteiger partial charge in [0, 0.05) is 16.9 Å². The summed E-state index contributed by atoms with van der Waals surface area (Å²) >= 11 is 1.62. The maximum absolute atomic E-state index is 13.5. The summed E-state index contributed by atoms with van der Waals surface area (Å²) in [6.07, 6.45) is 0.722. The first kappa shape index (κ1) is 23.4. The molecule has 2 aliphatic rings. The van der Waals surface area contributed by atoms with E-state index in [-0.39, 0.29) is 29.0 Å². The number of fused-ring (bicyclic) bond motifs is 3. The zero-order chi connectivity index (χ0) is 23.8. The summed E-state index contributed by atoms with van der Waals surface area (Å²) in [7, 11) is 0. The van der Waals surface area contributed by atoms with Crippen LogP contribution < -0.4 is 10.6 Å². The molecule has 1 fully saturated rings. The molecule has 0 aliphatic carbocycles. The van der Waals surface area contributed by atoms with Crippen molar-refractivity contribution in [3.05, 3.63) is 71.3 Å². The number of benzene rings is 2. The van der Waals surface area contributed by atoms with Crippen LogP contribution in [0.4, 0.5) is 0 Å². The van der Waals surface area contributed by atoms with E-state index in [1.165, 1.54) is 0 Å². The van der Waals surface area contributed by atoms with Crippen LogP contribution >= 0.6 is 11.8 Å². The molecule has 6 nitrogen and oxygen atoms in total. The van der Waals surface area contributed by atoms with Crippen molar-refractivity contribution in [2.24, 2.45) is 5.92 Å². The van der Waals surface area contributed by atoms with E-state index in [4.69, 9.17) is 0 Å². The lowest BCUT2D eigenvalue weighted by Crippen LogP contribution is -2.58. The molecule has 2 aromatic carbocycles. The second-order valence-corrected chi connectivity index (χ2v) is 11.3. The Hall–Kier alpha value is -2.80. The minimum atomic E-state index is -0.673. The van der Waals surface area contributed by atoms with E-state index >= 15 is 0 Å². The first-order chi connectivity index (χ1) is 15.7. The predicted octanol–water partition coefficient (Wildman–Crippen LogP) is 3.53. The van der Waals surface area contributed by atoms with Crippen LogP contribution in [0, 0.1) is 5.92 Å². The van der Waals surface area contributed by atoms with Crippen LogP contribution in [-0.2, 0) is 16.0 Å². The highest BCUT2D eigenvalue weighted by Gasteiger charge is 2.57. The summed E-state index contributed by atoms with van der Waals surface area (Å²) in [4.78, 5) is 41.3. The molecule has 2 aliphatic heterocycles. The van der Waals surface area contributed by atoms with Crippen LogP contribution in [0.3, 0.4) is 0 Å². The highest BCUT2D eigenvalue weighted by molar-refractivity contribution is 8.01. The fourth-order valence-electron chi connectivity index (χ4n) is 4.66. The summed E-state index contributed by atoms with van der Waals surface area (Å²) in [5, 5.41) is 5.74. The van der Waals surface area contributed by atoms with Gasteiger partial charge in [0.2, 0.25) is 11.8 Å². The Bertz CT molecular complexity index is 1050. The lowest BCUT2D eigenvalue weighted by molar-refractivity contribution is -0.132. The van der Waals surface area contributed by atoms with Crippen molar-refractivity contribution in [3.8, 4) is 0 Å². The Morgan fingerprint density at radius 2 is 1.73 bits per heavy atom. The molecule has 2 aromatic rings. The Morgan fingerprint density at radius 1 is 1.06 bits per heavy atom. The predicted molar refractivity (Wildman–Crippen MR) is 131 cm³/mol. The normalized spacial score (nSPS) is 21.5. The second kappa shape index (κ2) is 9.21. The van der Waals surface area contributed by atoms with Gasteiger partial charge in [-0.3, -0.25) is 14.4 Å². The lowest BCUT2D eigenvalue weighted by Gasteiger charge is -2.32. The first-order valence-corrected chi connectivity index (χ1v) is 12.3. The van der Waals surface area contributed by atoms with E-state index in [9.17, 15) is 14.4 Å². The minimum absolute atomic E-state index is 0.0925. The van der Waals surface area contributed by atoms with Crippen LogP contribution in [0.15, 0.2) is 54.6 Å². The van der Waals surface area contributed by atoms with Crippen molar-refractivity contribution in [1.29, 1.82) is 0 Å². The molecule has 3 atom stereocenters. The molecule has 0 radical (unpaired) electrons. The highest BCUT2D eigenvalue weighted by atomic mass is 32.2.